The topological polar surface area (TPSA) is 23.6 Å². The number of amides is 1. The molecule has 4 heteroatoms. The fraction of sp³-hybridized carbons (Fsp3) is 0.938. The highest BCUT2D eigenvalue weighted by Gasteiger charge is 2.35. The van der Waals surface area contributed by atoms with E-state index in [2.05, 4.69) is 30.6 Å². The Morgan fingerprint density at radius 3 is 2.35 bits per heavy atom. The maximum Gasteiger partial charge on any atom is 0.237 e. The minimum absolute atomic E-state index is 0.141. The highest BCUT2D eigenvalue weighted by molar-refractivity contribution is 5.78. The number of rotatable bonds is 2. The molecular formula is C16H29FN2O. The molecule has 2 saturated heterocycles. The molecule has 2 aliphatic heterocycles. The third kappa shape index (κ3) is 3.94. The second-order valence-electron chi connectivity index (χ2n) is 7.42. The first-order valence-corrected chi connectivity index (χ1v) is 8.04. The van der Waals surface area contributed by atoms with Crippen LogP contribution in [0.5, 0.6) is 0 Å². The van der Waals surface area contributed by atoms with Gasteiger partial charge in [-0.1, -0.05) is 20.8 Å². The lowest BCUT2D eigenvalue weighted by Gasteiger charge is -2.44. The molecule has 116 valence electrons. The van der Waals surface area contributed by atoms with E-state index in [1.54, 1.807) is 0 Å². The van der Waals surface area contributed by atoms with Crippen LogP contribution in [0.25, 0.3) is 0 Å². The van der Waals surface area contributed by atoms with Gasteiger partial charge in [0.25, 0.3) is 0 Å². The molecule has 0 radical (unpaired) electrons. The average molecular weight is 284 g/mol. The largest absolute Gasteiger partial charge is 0.338 e. The Morgan fingerprint density at radius 2 is 1.75 bits per heavy atom. The number of hydrogen-bond acceptors (Lipinski definition) is 2. The van der Waals surface area contributed by atoms with Gasteiger partial charge < -0.3 is 4.90 Å². The summed E-state index contributed by atoms with van der Waals surface area (Å²) < 4.78 is 13.1. The van der Waals surface area contributed by atoms with Crippen molar-refractivity contribution in [2.45, 2.75) is 65.1 Å². The van der Waals surface area contributed by atoms with E-state index < -0.39 is 6.17 Å². The molecule has 0 N–H and O–H groups in total. The maximum absolute atomic E-state index is 13.1. The average Bonchev–Trinajstić information content (AvgIpc) is 2.40. The van der Waals surface area contributed by atoms with E-state index in [9.17, 15) is 9.18 Å². The maximum atomic E-state index is 13.1. The summed E-state index contributed by atoms with van der Waals surface area (Å²) in [7, 11) is 0. The molecule has 0 bridgehead atoms. The van der Waals surface area contributed by atoms with Crippen LogP contribution in [0.3, 0.4) is 0 Å². The molecule has 0 saturated carbocycles. The minimum Gasteiger partial charge on any atom is -0.338 e. The summed E-state index contributed by atoms with van der Waals surface area (Å²) in [6, 6.07) is 0.350. The third-order valence-corrected chi connectivity index (χ3v) is 4.70. The Labute approximate surface area is 122 Å². The molecule has 1 unspecified atom stereocenters. The first kappa shape index (κ1) is 15.7. The van der Waals surface area contributed by atoms with Crippen molar-refractivity contribution < 1.29 is 9.18 Å². The zero-order chi connectivity index (χ0) is 14.8. The second-order valence-corrected chi connectivity index (χ2v) is 7.42. The number of nitrogens with zero attached hydrogens (tertiary/aromatic N) is 2. The van der Waals surface area contributed by atoms with Crippen molar-refractivity contribution in [3.05, 3.63) is 0 Å². The lowest BCUT2D eigenvalue weighted by Crippen LogP contribution is -2.53. The van der Waals surface area contributed by atoms with Gasteiger partial charge in [0, 0.05) is 25.7 Å². The summed E-state index contributed by atoms with van der Waals surface area (Å²) in [4.78, 5) is 16.8. The lowest BCUT2D eigenvalue weighted by atomic mass is 9.80. The van der Waals surface area contributed by atoms with Gasteiger partial charge in [-0.15, -0.1) is 0 Å². The van der Waals surface area contributed by atoms with E-state index in [-0.39, 0.29) is 11.3 Å². The second kappa shape index (κ2) is 6.42. The summed E-state index contributed by atoms with van der Waals surface area (Å²) in [5.41, 5.74) is 0.141. The van der Waals surface area contributed by atoms with Gasteiger partial charge in [0.2, 0.25) is 5.91 Å². The van der Waals surface area contributed by atoms with Crippen molar-refractivity contribution in [1.82, 2.24) is 9.80 Å². The standard InChI is InChI=1S/C16H29FN2O/c1-16(2,3)14-6-4-5-9-19(14)15(20)12-18-10-7-13(17)8-11-18/h13-14H,4-12H2,1-3H3. The van der Waals surface area contributed by atoms with Gasteiger partial charge in [0.15, 0.2) is 0 Å². The molecule has 0 aromatic heterocycles. The minimum atomic E-state index is -0.668. The summed E-state index contributed by atoms with van der Waals surface area (Å²) in [6.07, 6.45) is 3.94. The molecule has 0 aromatic carbocycles. The first-order chi connectivity index (χ1) is 9.38. The summed E-state index contributed by atoms with van der Waals surface area (Å²) in [5.74, 6) is 0.238. The smallest absolute Gasteiger partial charge is 0.237 e. The number of carbonyl (C=O) groups excluding carboxylic acids is 1. The molecule has 1 atom stereocenters. The molecule has 0 spiro atoms. The summed E-state index contributed by atoms with van der Waals surface area (Å²) >= 11 is 0. The Hall–Kier alpha value is -0.640. The number of halogens is 1. The Kier molecular flexibility index (Phi) is 5.05. The van der Waals surface area contributed by atoms with Crippen LogP contribution in [0.1, 0.15) is 52.9 Å². The molecule has 2 fully saturated rings. The van der Waals surface area contributed by atoms with E-state index in [0.717, 1.165) is 32.5 Å². The van der Waals surface area contributed by atoms with Crippen LogP contribution in [0.15, 0.2) is 0 Å². The van der Waals surface area contributed by atoms with Gasteiger partial charge in [0.05, 0.1) is 6.54 Å². The van der Waals surface area contributed by atoms with Crippen molar-refractivity contribution in [1.29, 1.82) is 0 Å². The highest BCUT2D eigenvalue weighted by Crippen LogP contribution is 2.32. The molecule has 2 aliphatic rings. The van der Waals surface area contributed by atoms with Crippen molar-refractivity contribution in [2.24, 2.45) is 5.41 Å². The van der Waals surface area contributed by atoms with Gasteiger partial charge in [-0.05, 0) is 37.5 Å². The Morgan fingerprint density at radius 1 is 1.10 bits per heavy atom. The van der Waals surface area contributed by atoms with Crippen molar-refractivity contribution in [3.63, 3.8) is 0 Å². The fourth-order valence-electron chi connectivity index (χ4n) is 3.47. The van der Waals surface area contributed by atoms with Gasteiger partial charge in [0.1, 0.15) is 6.17 Å². The number of likely N-dealkylation sites (tertiary alicyclic amines) is 2. The molecule has 3 nitrogen and oxygen atoms in total. The third-order valence-electron chi connectivity index (χ3n) is 4.70. The van der Waals surface area contributed by atoms with Gasteiger partial charge >= 0.3 is 0 Å². The summed E-state index contributed by atoms with van der Waals surface area (Å²) in [5, 5.41) is 0. The van der Waals surface area contributed by atoms with Gasteiger partial charge in [-0.25, -0.2) is 4.39 Å². The number of alkyl halides is 1. The van der Waals surface area contributed by atoms with Crippen molar-refractivity contribution >= 4 is 5.91 Å². The normalized spacial score (nSPS) is 26.8. The highest BCUT2D eigenvalue weighted by atomic mass is 19.1. The Bertz CT molecular complexity index is 332. The lowest BCUT2D eigenvalue weighted by molar-refractivity contribution is -0.139. The molecule has 2 rings (SSSR count). The van der Waals surface area contributed by atoms with Crippen molar-refractivity contribution in [3.8, 4) is 0 Å². The van der Waals surface area contributed by atoms with E-state index >= 15 is 0 Å². The molecule has 2 heterocycles. The molecule has 0 aromatic rings. The van der Waals surface area contributed by atoms with Crippen molar-refractivity contribution in [2.75, 3.05) is 26.2 Å². The predicted molar refractivity (Wildman–Crippen MR) is 79.4 cm³/mol. The fourth-order valence-corrected chi connectivity index (χ4v) is 3.47. The molecule has 1 amide bonds. The first-order valence-electron chi connectivity index (χ1n) is 8.04. The quantitative estimate of drug-likeness (QED) is 0.778. The van der Waals surface area contributed by atoms with Gasteiger partial charge in [-0.2, -0.15) is 0 Å². The van der Waals surface area contributed by atoms with E-state index in [0.29, 0.717) is 25.4 Å². The van der Waals surface area contributed by atoms with E-state index in [1.165, 1.54) is 6.42 Å². The van der Waals surface area contributed by atoms with Crippen LogP contribution >= 0.6 is 0 Å². The van der Waals surface area contributed by atoms with Crippen LogP contribution in [0.2, 0.25) is 0 Å². The predicted octanol–water partition coefficient (Wildman–Crippen LogP) is 2.85. The van der Waals surface area contributed by atoms with E-state index in [1.807, 2.05) is 0 Å². The molecular weight excluding hydrogens is 255 g/mol. The van der Waals surface area contributed by atoms with Crippen LogP contribution in [0, 0.1) is 5.41 Å². The number of carbonyl (C=O) groups is 1. The Balaban J connectivity index is 1.92. The van der Waals surface area contributed by atoms with Crippen LogP contribution in [0.4, 0.5) is 4.39 Å². The van der Waals surface area contributed by atoms with E-state index in [4.69, 9.17) is 0 Å². The molecule has 0 aliphatic carbocycles. The molecule has 20 heavy (non-hydrogen) atoms. The summed E-state index contributed by atoms with van der Waals surface area (Å²) in [6.45, 7) is 9.47. The zero-order valence-electron chi connectivity index (χ0n) is 13.2. The van der Waals surface area contributed by atoms with Crippen LogP contribution < -0.4 is 0 Å². The zero-order valence-corrected chi connectivity index (χ0v) is 13.2. The van der Waals surface area contributed by atoms with Gasteiger partial charge in [-0.3, -0.25) is 9.69 Å². The van der Waals surface area contributed by atoms with Crippen LogP contribution in [-0.2, 0) is 4.79 Å². The SMILES string of the molecule is CC(C)(C)C1CCCCN1C(=O)CN1CCC(F)CC1. The number of hydrogen-bond donors (Lipinski definition) is 0. The van der Waals surface area contributed by atoms with Crippen LogP contribution in [-0.4, -0.2) is 54.1 Å². The monoisotopic (exact) mass is 284 g/mol. The number of piperidine rings is 2.